The first kappa shape index (κ1) is 9.38. The molecule has 0 unspecified atom stereocenters. The molecular weight excluding hydrogens is 297 g/mol. The van der Waals surface area contributed by atoms with Crippen molar-refractivity contribution in [2.45, 2.75) is 0 Å². The minimum atomic E-state index is -0.101. The topological polar surface area (TPSA) is 60.9 Å². The van der Waals surface area contributed by atoms with Gasteiger partial charge in [0, 0.05) is 47.5 Å². The first-order valence-electron chi connectivity index (χ1n) is 3.83. The predicted molar refractivity (Wildman–Crippen MR) is 57.7 cm³/mol. The lowest BCUT2D eigenvalue weighted by Gasteiger charge is -1.96. The van der Waals surface area contributed by atoms with Gasteiger partial charge in [-0.1, -0.05) is 5.16 Å². The molecule has 2 heterocycles. The summed E-state index contributed by atoms with van der Waals surface area (Å²) in [4.78, 5) is 15.3. The first-order chi connectivity index (χ1) is 6.66. The Morgan fingerprint density at radius 3 is 2.93 bits per heavy atom. The zero-order valence-corrected chi connectivity index (χ0v) is 9.43. The Kier molecular flexibility index (Phi) is 2.36. The fourth-order valence-electron chi connectivity index (χ4n) is 1.00. The van der Waals surface area contributed by atoms with E-state index in [2.05, 4.69) is 10.1 Å². The molecule has 0 aliphatic rings. The molecule has 0 saturated heterocycles. The molecule has 0 amide bonds. The average Bonchev–Trinajstić information content (AvgIpc) is 2.57. The van der Waals surface area contributed by atoms with Crippen molar-refractivity contribution in [3.8, 4) is 11.5 Å². The van der Waals surface area contributed by atoms with Crippen LogP contribution < -0.4 is 5.56 Å². The monoisotopic (exact) mass is 303 g/mol. The van der Waals surface area contributed by atoms with E-state index in [9.17, 15) is 4.79 Å². The molecule has 0 N–H and O–H groups in total. The molecule has 0 radical (unpaired) electrons. The SMILES string of the molecule is Cn1ccc(-c2nc(I)no2)cc1=O. The van der Waals surface area contributed by atoms with Crippen LogP contribution in [0.25, 0.3) is 11.5 Å². The smallest absolute Gasteiger partial charge is 0.258 e. The van der Waals surface area contributed by atoms with Gasteiger partial charge < -0.3 is 9.09 Å². The maximum Gasteiger partial charge on any atom is 0.258 e. The Morgan fingerprint density at radius 2 is 2.36 bits per heavy atom. The van der Waals surface area contributed by atoms with Crippen LogP contribution in [0.15, 0.2) is 27.6 Å². The van der Waals surface area contributed by atoms with Gasteiger partial charge in [-0.2, -0.15) is 4.98 Å². The number of nitrogens with zero attached hydrogens (tertiary/aromatic N) is 3. The molecule has 2 aromatic heterocycles. The maximum absolute atomic E-state index is 11.3. The summed E-state index contributed by atoms with van der Waals surface area (Å²) in [6.45, 7) is 0. The average molecular weight is 303 g/mol. The summed E-state index contributed by atoms with van der Waals surface area (Å²) in [6.07, 6.45) is 1.66. The lowest BCUT2D eigenvalue weighted by molar-refractivity contribution is 0.425. The van der Waals surface area contributed by atoms with E-state index in [1.165, 1.54) is 10.6 Å². The van der Waals surface area contributed by atoms with E-state index < -0.39 is 0 Å². The molecule has 0 spiro atoms. The van der Waals surface area contributed by atoms with E-state index in [0.29, 0.717) is 15.3 Å². The van der Waals surface area contributed by atoms with Gasteiger partial charge in [-0.15, -0.1) is 0 Å². The lowest BCUT2D eigenvalue weighted by atomic mass is 10.3. The van der Waals surface area contributed by atoms with Crippen LogP contribution in [-0.4, -0.2) is 14.7 Å². The van der Waals surface area contributed by atoms with Crippen LogP contribution in [-0.2, 0) is 7.05 Å². The number of hydrogen-bond donors (Lipinski definition) is 0. The van der Waals surface area contributed by atoms with Gasteiger partial charge in [0.1, 0.15) is 0 Å². The third kappa shape index (κ3) is 1.69. The normalized spacial score (nSPS) is 10.4. The second-order valence-corrected chi connectivity index (χ2v) is 3.70. The minimum Gasteiger partial charge on any atom is -0.333 e. The zero-order valence-electron chi connectivity index (χ0n) is 7.27. The maximum atomic E-state index is 11.3. The highest BCUT2D eigenvalue weighted by atomic mass is 127. The molecular formula is C8H6IN3O2. The van der Waals surface area contributed by atoms with Crippen LogP contribution in [0.2, 0.25) is 0 Å². The molecule has 0 aliphatic heterocycles. The van der Waals surface area contributed by atoms with Crippen molar-refractivity contribution in [1.29, 1.82) is 0 Å². The molecule has 2 aromatic rings. The van der Waals surface area contributed by atoms with Gasteiger partial charge in [-0.05, 0) is 6.07 Å². The number of pyridine rings is 1. The van der Waals surface area contributed by atoms with Crippen LogP contribution >= 0.6 is 22.6 Å². The lowest BCUT2D eigenvalue weighted by Crippen LogP contribution is -2.14. The van der Waals surface area contributed by atoms with Crippen LogP contribution in [0.3, 0.4) is 0 Å². The zero-order chi connectivity index (χ0) is 10.1. The Bertz CT molecular complexity index is 517. The highest BCUT2D eigenvalue weighted by molar-refractivity contribution is 14.1. The predicted octanol–water partition coefficient (Wildman–Crippen LogP) is 1.04. The van der Waals surface area contributed by atoms with E-state index in [0.717, 1.165) is 0 Å². The Balaban J connectivity index is 2.53. The highest BCUT2D eigenvalue weighted by Gasteiger charge is 2.07. The van der Waals surface area contributed by atoms with Crippen molar-refractivity contribution in [3.05, 3.63) is 32.5 Å². The molecule has 0 fully saturated rings. The van der Waals surface area contributed by atoms with E-state index in [4.69, 9.17) is 4.52 Å². The van der Waals surface area contributed by atoms with E-state index >= 15 is 0 Å². The summed E-state index contributed by atoms with van der Waals surface area (Å²) in [6, 6.07) is 3.22. The standard InChI is InChI=1S/C8H6IN3O2/c1-12-3-2-5(4-6(12)13)7-10-8(9)11-14-7/h2-4H,1H3. The molecule has 0 atom stereocenters. The molecule has 14 heavy (non-hydrogen) atoms. The molecule has 0 aliphatic carbocycles. The van der Waals surface area contributed by atoms with E-state index in [1.807, 2.05) is 22.6 Å². The fraction of sp³-hybridized carbons (Fsp3) is 0.125. The number of hydrogen-bond acceptors (Lipinski definition) is 4. The largest absolute Gasteiger partial charge is 0.333 e. The molecule has 5 nitrogen and oxygen atoms in total. The number of rotatable bonds is 1. The third-order valence-electron chi connectivity index (χ3n) is 1.75. The fourth-order valence-corrected chi connectivity index (χ4v) is 1.32. The number of aromatic nitrogens is 3. The summed E-state index contributed by atoms with van der Waals surface area (Å²) >= 11 is 1.94. The summed E-state index contributed by atoms with van der Waals surface area (Å²) in [7, 11) is 1.68. The Labute approximate surface area is 92.9 Å². The highest BCUT2D eigenvalue weighted by Crippen LogP contribution is 2.14. The van der Waals surface area contributed by atoms with Crippen molar-refractivity contribution < 1.29 is 4.52 Å². The van der Waals surface area contributed by atoms with Crippen LogP contribution in [0.4, 0.5) is 0 Å². The van der Waals surface area contributed by atoms with Gasteiger partial charge in [-0.3, -0.25) is 4.79 Å². The van der Waals surface area contributed by atoms with Gasteiger partial charge in [0.05, 0.1) is 0 Å². The molecule has 72 valence electrons. The van der Waals surface area contributed by atoms with Crippen LogP contribution in [0.5, 0.6) is 0 Å². The molecule has 0 saturated carbocycles. The minimum absolute atomic E-state index is 0.101. The van der Waals surface area contributed by atoms with Gasteiger partial charge >= 0.3 is 0 Å². The van der Waals surface area contributed by atoms with Gasteiger partial charge in [0.2, 0.25) is 3.83 Å². The van der Waals surface area contributed by atoms with Gasteiger partial charge in [0.25, 0.3) is 11.4 Å². The van der Waals surface area contributed by atoms with Crippen molar-refractivity contribution in [2.75, 3.05) is 0 Å². The molecule has 2 rings (SSSR count). The van der Waals surface area contributed by atoms with Gasteiger partial charge in [-0.25, -0.2) is 0 Å². The van der Waals surface area contributed by atoms with Crippen molar-refractivity contribution in [3.63, 3.8) is 0 Å². The third-order valence-corrected chi connectivity index (χ3v) is 2.19. The van der Waals surface area contributed by atoms with Crippen molar-refractivity contribution >= 4 is 22.6 Å². The Morgan fingerprint density at radius 1 is 1.57 bits per heavy atom. The van der Waals surface area contributed by atoms with Crippen LogP contribution in [0.1, 0.15) is 0 Å². The van der Waals surface area contributed by atoms with E-state index in [1.54, 1.807) is 19.3 Å². The van der Waals surface area contributed by atoms with Crippen LogP contribution in [0, 0.1) is 3.83 Å². The quantitative estimate of drug-likeness (QED) is 0.739. The molecule has 0 bridgehead atoms. The van der Waals surface area contributed by atoms with Crippen molar-refractivity contribution in [1.82, 2.24) is 14.7 Å². The molecule has 6 heteroatoms. The van der Waals surface area contributed by atoms with Gasteiger partial charge in [0.15, 0.2) is 0 Å². The summed E-state index contributed by atoms with van der Waals surface area (Å²) in [5.41, 5.74) is 0.541. The molecule has 0 aromatic carbocycles. The first-order valence-corrected chi connectivity index (χ1v) is 4.91. The number of aryl methyl sites for hydroxylation is 1. The Hall–Kier alpha value is -1.18. The second kappa shape index (κ2) is 3.52. The summed E-state index contributed by atoms with van der Waals surface area (Å²) < 4.78 is 6.93. The summed E-state index contributed by atoms with van der Waals surface area (Å²) in [5.74, 6) is 0.368. The second-order valence-electron chi connectivity index (χ2n) is 2.73. The van der Waals surface area contributed by atoms with E-state index in [-0.39, 0.29) is 5.56 Å². The summed E-state index contributed by atoms with van der Waals surface area (Å²) in [5, 5.41) is 3.64. The van der Waals surface area contributed by atoms with Crippen molar-refractivity contribution in [2.24, 2.45) is 7.05 Å². The number of halogens is 1.